The molecule has 1 unspecified atom stereocenters. The van der Waals surface area contributed by atoms with Crippen LogP contribution < -0.4 is 15.5 Å². The summed E-state index contributed by atoms with van der Waals surface area (Å²) in [6.45, 7) is 1.66. The van der Waals surface area contributed by atoms with Gasteiger partial charge in [-0.15, -0.1) is 0 Å². The second kappa shape index (κ2) is 6.94. The molecule has 0 radical (unpaired) electrons. The molecule has 1 aromatic heterocycles. The molecule has 28 heavy (non-hydrogen) atoms. The summed E-state index contributed by atoms with van der Waals surface area (Å²) >= 11 is 0. The molecule has 2 aromatic carbocycles. The summed E-state index contributed by atoms with van der Waals surface area (Å²) in [5, 5.41) is 3.61. The molecule has 146 valence electrons. The van der Waals surface area contributed by atoms with Crippen LogP contribution in [0.1, 0.15) is 12.0 Å². The molecule has 2 heterocycles. The standard InChI is InChI=1S/C20H19NO6S/c1-12-2-4-15-17(8-12)27-18-9-14(3-5-16(18)20(15)23)26-10-19(22)21-13-6-7-28(24,25)11-13/h2-5,8-9,13H,6-7,10-11H2,1H3,(H,21,22). The third-order valence-electron chi connectivity index (χ3n) is 4.77. The summed E-state index contributed by atoms with van der Waals surface area (Å²) < 4.78 is 34.2. The van der Waals surface area contributed by atoms with Crippen LogP contribution in [0.4, 0.5) is 0 Å². The van der Waals surface area contributed by atoms with Crippen LogP contribution >= 0.6 is 0 Å². The van der Waals surface area contributed by atoms with Gasteiger partial charge in [0.1, 0.15) is 16.9 Å². The number of hydrogen-bond donors (Lipinski definition) is 1. The summed E-state index contributed by atoms with van der Waals surface area (Å²) in [6, 6.07) is 9.82. The second-order valence-electron chi connectivity index (χ2n) is 7.04. The van der Waals surface area contributed by atoms with Gasteiger partial charge in [-0.2, -0.15) is 0 Å². The zero-order valence-electron chi connectivity index (χ0n) is 15.2. The van der Waals surface area contributed by atoms with Crippen molar-refractivity contribution in [2.24, 2.45) is 0 Å². The van der Waals surface area contributed by atoms with Gasteiger partial charge in [0.15, 0.2) is 16.4 Å². The molecule has 0 aliphatic carbocycles. The highest BCUT2D eigenvalue weighted by Crippen LogP contribution is 2.23. The van der Waals surface area contributed by atoms with E-state index in [0.717, 1.165) is 5.56 Å². The van der Waals surface area contributed by atoms with E-state index in [2.05, 4.69) is 5.32 Å². The zero-order valence-corrected chi connectivity index (χ0v) is 16.0. The lowest BCUT2D eigenvalue weighted by molar-refractivity contribution is -0.123. The van der Waals surface area contributed by atoms with Crippen LogP contribution in [-0.2, 0) is 14.6 Å². The summed E-state index contributed by atoms with van der Waals surface area (Å²) in [5.41, 5.74) is 1.73. The number of rotatable bonds is 4. The quantitative estimate of drug-likeness (QED) is 0.670. The molecule has 0 bridgehead atoms. The molecule has 1 aliphatic heterocycles. The van der Waals surface area contributed by atoms with Gasteiger partial charge >= 0.3 is 0 Å². The molecular formula is C20H19NO6S. The molecule has 7 nitrogen and oxygen atoms in total. The first-order chi connectivity index (χ1) is 13.3. The van der Waals surface area contributed by atoms with Crippen LogP contribution in [0, 0.1) is 6.92 Å². The maximum atomic E-state index is 12.6. The molecule has 8 heteroatoms. The van der Waals surface area contributed by atoms with Crippen molar-refractivity contribution in [3.05, 3.63) is 52.2 Å². The first kappa shape index (κ1) is 18.5. The Hall–Kier alpha value is -2.87. The number of nitrogens with one attached hydrogen (secondary N) is 1. The Morgan fingerprint density at radius 1 is 1.18 bits per heavy atom. The number of fused-ring (bicyclic) bond motifs is 2. The Morgan fingerprint density at radius 3 is 2.61 bits per heavy atom. The van der Waals surface area contributed by atoms with E-state index in [1.54, 1.807) is 30.3 Å². The van der Waals surface area contributed by atoms with Crippen molar-refractivity contribution >= 4 is 37.7 Å². The fourth-order valence-electron chi connectivity index (χ4n) is 3.36. The van der Waals surface area contributed by atoms with Crippen LogP contribution in [0.25, 0.3) is 21.9 Å². The normalized spacial score (nSPS) is 18.4. The number of hydrogen-bond acceptors (Lipinski definition) is 6. The average molecular weight is 401 g/mol. The van der Waals surface area contributed by atoms with Gasteiger partial charge in [-0.25, -0.2) is 8.42 Å². The van der Waals surface area contributed by atoms with Gasteiger partial charge in [0.25, 0.3) is 5.91 Å². The van der Waals surface area contributed by atoms with Crippen LogP contribution in [-0.4, -0.2) is 38.5 Å². The predicted molar refractivity (Wildman–Crippen MR) is 105 cm³/mol. The second-order valence-corrected chi connectivity index (χ2v) is 9.27. The molecule has 1 saturated heterocycles. The summed E-state index contributed by atoms with van der Waals surface area (Å²) in [6.07, 6.45) is 0.418. The summed E-state index contributed by atoms with van der Waals surface area (Å²) in [5.74, 6) is 0.0529. The van der Waals surface area contributed by atoms with E-state index in [1.165, 1.54) is 0 Å². The highest BCUT2D eigenvalue weighted by Gasteiger charge is 2.28. The highest BCUT2D eigenvalue weighted by molar-refractivity contribution is 7.91. The number of amides is 1. The zero-order chi connectivity index (χ0) is 19.9. The van der Waals surface area contributed by atoms with Crippen LogP contribution in [0.3, 0.4) is 0 Å². The predicted octanol–water partition coefficient (Wildman–Crippen LogP) is 1.94. The van der Waals surface area contributed by atoms with Gasteiger partial charge < -0.3 is 14.5 Å². The molecule has 1 N–H and O–H groups in total. The van der Waals surface area contributed by atoms with Gasteiger partial charge in [-0.05, 0) is 43.2 Å². The minimum absolute atomic E-state index is 0.0354. The van der Waals surface area contributed by atoms with Gasteiger partial charge in [-0.1, -0.05) is 6.07 Å². The van der Waals surface area contributed by atoms with Crippen molar-refractivity contribution in [3.8, 4) is 5.75 Å². The monoisotopic (exact) mass is 401 g/mol. The molecule has 1 fully saturated rings. The molecule has 0 saturated carbocycles. The number of carbonyl (C=O) groups excluding carboxylic acids is 1. The van der Waals surface area contributed by atoms with E-state index in [-0.39, 0.29) is 29.6 Å². The van der Waals surface area contributed by atoms with Crippen molar-refractivity contribution < 1.29 is 22.4 Å². The average Bonchev–Trinajstić information content (AvgIpc) is 2.98. The fourth-order valence-corrected chi connectivity index (χ4v) is 5.03. The Kier molecular flexibility index (Phi) is 4.58. The van der Waals surface area contributed by atoms with Crippen molar-refractivity contribution in [2.75, 3.05) is 18.1 Å². The number of aryl methyl sites for hydroxylation is 1. The SMILES string of the molecule is Cc1ccc2c(=O)c3ccc(OCC(=O)NC4CCS(=O)(=O)C4)cc3oc2c1. The Labute approximate surface area is 161 Å². The summed E-state index contributed by atoms with van der Waals surface area (Å²) in [7, 11) is -3.06. The Morgan fingerprint density at radius 2 is 1.89 bits per heavy atom. The first-order valence-electron chi connectivity index (χ1n) is 8.90. The third kappa shape index (κ3) is 3.73. The van der Waals surface area contributed by atoms with E-state index < -0.39 is 15.7 Å². The fraction of sp³-hybridized carbons (Fsp3) is 0.300. The van der Waals surface area contributed by atoms with Gasteiger partial charge in [0.05, 0.1) is 22.3 Å². The number of ether oxygens (including phenoxy) is 1. The first-order valence-corrected chi connectivity index (χ1v) is 10.7. The van der Waals surface area contributed by atoms with Crippen molar-refractivity contribution in [2.45, 2.75) is 19.4 Å². The highest BCUT2D eigenvalue weighted by atomic mass is 32.2. The number of sulfone groups is 1. The molecule has 4 rings (SSSR count). The maximum Gasteiger partial charge on any atom is 0.258 e. The van der Waals surface area contributed by atoms with Crippen LogP contribution in [0.2, 0.25) is 0 Å². The van der Waals surface area contributed by atoms with Gasteiger partial charge in [0.2, 0.25) is 5.43 Å². The largest absolute Gasteiger partial charge is 0.484 e. The Bertz CT molecular complexity index is 1240. The minimum atomic E-state index is -3.06. The van der Waals surface area contributed by atoms with Crippen molar-refractivity contribution in [1.82, 2.24) is 5.32 Å². The lowest BCUT2D eigenvalue weighted by atomic mass is 10.1. The van der Waals surface area contributed by atoms with E-state index in [0.29, 0.717) is 34.1 Å². The van der Waals surface area contributed by atoms with E-state index in [9.17, 15) is 18.0 Å². The van der Waals surface area contributed by atoms with E-state index in [1.807, 2.05) is 13.0 Å². The number of benzene rings is 2. The minimum Gasteiger partial charge on any atom is -0.484 e. The van der Waals surface area contributed by atoms with Gasteiger partial charge in [-0.3, -0.25) is 9.59 Å². The lowest BCUT2D eigenvalue weighted by Crippen LogP contribution is -2.38. The molecule has 3 aromatic rings. The third-order valence-corrected chi connectivity index (χ3v) is 6.53. The van der Waals surface area contributed by atoms with Crippen LogP contribution in [0.5, 0.6) is 5.75 Å². The van der Waals surface area contributed by atoms with E-state index in [4.69, 9.17) is 9.15 Å². The Balaban J connectivity index is 1.51. The van der Waals surface area contributed by atoms with E-state index >= 15 is 0 Å². The lowest BCUT2D eigenvalue weighted by Gasteiger charge is -2.12. The molecular weight excluding hydrogens is 382 g/mol. The molecule has 1 amide bonds. The maximum absolute atomic E-state index is 12.6. The summed E-state index contributed by atoms with van der Waals surface area (Å²) in [4.78, 5) is 24.6. The van der Waals surface area contributed by atoms with Crippen LogP contribution in [0.15, 0.2) is 45.6 Å². The molecule has 1 aliphatic rings. The van der Waals surface area contributed by atoms with Gasteiger partial charge in [0, 0.05) is 12.1 Å². The van der Waals surface area contributed by atoms with Crippen molar-refractivity contribution in [1.29, 1.82) is 0 Å². The topological polar surface area (TPSA) is 103 Å². The van der Waals surface area contributed by atoms with Crippen molar-refractivity contribution in [3.63, 3.8) is 0 Å². The molecule has 1 atom stereocenters. The smallest absolute Gasteiger partial charge is 0.258 e. The number of carbonyl (C=O) groups is 1. The molecule has 0 spiro atoms.